The van der Waals surface area contributed by atoms with Crippen LogP contribution in [0.25, 0.3) is 5.69 Å². The van der Waals surface area contributed by atoms with Gasteiger partial charge < -0.3 is 19.4 Å². The first kappa shape index (κ1) is 21.1. The lowest BCUT2D eigenvalue weighted by Gasteiger charge is -2.35. The lowest BCUT2D eigenvalue weighted by Crippen LogP contribution is -2.49. The molecular formula is C22H28ClN5O. The second-order valence-electron chi connectivity index (χ2n) is 7.57. The van der Waals surface area contributed by atoms with Gasteiger partial charge in [0.05, 0.1) is 5.56 Å². The first-order chi connectivity index (χ1) is 13.5. The summed E-state index contributed by atoms with van der Waals surface area (Å²) in [6.45, 7) is 8.35. The van der Waals surface area contributed by atoms with Crippen LogP contribution in [-0.4, -0.2) is 44.6 Å². The largest absolute Gasteiger partial charge is 0.336 e. The number of rotatable bonds is 3. The normalized spacial score (nSPS) is 16.6. The maximum absolute atomic E-state index is 13.5. The van der Waals surface area contributed by atoms with Crippen molar-refractivity contribution in [3.63, 3.8) is 0 Å². The number of imidazole rings is 1. The maximum Gasteiger partial charge on any atom is 0.256 e. The molecule has 154 valence electrons. The van der Waals surface area contributed by atoms with Crippen molar-refractivity contribution in [3.8, 4) is 5.69 Å². The summed E-state index contributed by atoms with van der Waals surface area (Å²) in [5.74, 6) is 0.981. The first-order valence-electron chi connectivity index (χ1n) is 9.72. The molecule has 0 bridgehead atoms. The van der Waals surface area contributed by atoms with E-state index >= 15 is 0 Å². The van der Waals surface area contributed by atoms with Gasteiger partial charge in [0.15, 0.2) is 0 Å². The summed E-state index contributed by atoms with van der Waals surface area (Å²) in [7, 11) is 1.98. The van der Waals surface area contributed by atoms with E-state index in [4.69, 9.17) is 0 Å². The van der Waals surface area contributed by atoms with Crippen LogP contribution >= 0.6 is 12.4 Å². The highest BCUT2D eigenvalue weighted by molar-refractivity contribution is 5.96. The Morgan fingerprint density at radius 1 is 1.21 bits per heavy atom. The fourth-order valence-electron chi connectivity index (χ4n) is 4.17. The summed E-state index contributed by atoms with van der Waals surface area (Å²) < 4.78 is 4.16. The number of nitrogens with one attached hydrogen (secondary N) is 1. The van der Waals surface area contributed by atoms with Gasteiger partial charge in [-0.15, -0.1) is 12.4 Å². The minimum atomic E-state index is -0.0664. The van der Waals surface area contributed by atoms with Crippen molar-refractivity contribution in [3.05, 3.63) is 71.1 Å². The Morgan fingerprint density at radius 2 is 2.00 bits per heavy atom. The fraction of sp³-hybridized carbons (Fsp3) is 0.364. The Labute approximate surface area is 178 Å². The lowest BCUT2D eigenvalue weighted by atomic mass is 10.1. The second kappa shape index (κ2) is 8.43. The summed E-state index contributed by atoms with van der Waals surface area (Å²) in [6, 6.07) is 10.3. The molecule has 1 atom stereocenters. The van der Waals surface area contributed by atoms with Gasteiger partial charge in [-0.1, -0.05) is 12.1 Å². The van der Waals surface area contributed by atoms with Crippen LogP contribution in [0.15, 0.2) is 42.7 Å². The fourth-order valence-corrected chi connectivity index (χ4v) is 4.17. The molecule has 1 fully saturated rings. The van der Waals surface area contributed by atoms with Gasteiger partial charge in [-0.25, -0.2) is 4.98 Å². The summed E-state index contributed by atoms with van der Waals surface area (Å²) in [5, 5.41) is 3.40. The SMILES string of the molecule is Cc1cccc(-n2c(C)cc(C(=O)N3CCNCC3c3nccn3C)c2C)c1.Cl. The Kier molecular flexibility index (Phi) is 6.15. The van der Waals surface area contributed by atoms with Gasteiger partial charge in [-0.05, 0) is 44.5 Å². The van der Waals surface area contributed by atoms with Crippen molar-refractivity contribution in [1.82, 2.24) is 24.3 Å². The number of carbonyl (C=O) groups excluding carboxylic acids is 1. The van der Waals surface area contributed by atoms with Crippen molar-refractivity contribution in [1.29, 1.82) is 0 Å². The van der Waals surface area contributed by atoms with Gasteiger partial charge in [0.2, 0.25) is 0 Å². The number of amides is 1. The summed E-state index contributed by atoms with van der Waals surface area (Å²) in [5.41, 5.74) is 5.10. The number of carbonyl (C=O) groups is 1. The smallest absolute Gasteiger partial charge is 0.256 e. The minimum Gasteiger partial charge on any atom is -0.336 e. The van der Waals surface area contributed by atoms with Gasteiger partial charge >= 0.3 is 0 Å². The van der Waals surface area contributed by atoms with Crippen molar-refractivity contribution in [2.24, 2.45) is 7.05 Å². The molecule has 1 amide bonds. The average Bonchev–Trinajstić information content (AvgIpc) is 3.23. The van der Waals surface area contributed by atoms with Crippen molar-refractivity contribution in [2.45, 2.75) is 26.8 Å². The molecule has 1 aliphatic heterocycles. The predicted molar refractivity (Wildman–Crippen MR) is 117 cm³/mol. The van der Waals surface area contributed by atoms with Crippen LogP contribution in [0.3, 0.4) is 0 Å². The Morgan fingerprint density at radius 3 is 2.69 bits per heavy atom. The zero-order valence-corrected chi connectivity index (χ0v) is 18.2. The Hall–Kier alpha value is -2.57. The van der Waals surface area contributed by atoms with Gasteiger partial charge in [0, 0.05) is 56.2 Å². The average molecular weight is 414 g/mol. The number of piperazine rings is 1. The maximum atomic E-state index is 13.5. The highest BCUT2D eigenvalue weighted by Crippen LogP contribution is 2.27. The molecule has 1 N–H and O–H groups in total. The Bertz CT molecular complexity index is 1020. The molecule has 3 heterocycles. The molecule has 1 saturated heterocycles. The van der Waals surface area contributed by atoms with E-state index in [0.717, 1.165) is 35.0 Å². The van der Waals surface area contributed by atoms with Crippen LogP contribution in [0.4, 0.5) is 0 Å². The van der Waals surface area contributed by atoms with Gasteiger partial charge in [0.1, 0.15) is 11.9 Å². The monoisotopic (exact) mass is 413 g/mol. The minimum absolute atomic E-state index is 0. The molecule has 7 heteroatoms. The number of aryl methyl sites for hydroxylation is 3. The predicted octanol–water partition coefficient (Wildman–Crippen LogP) is 3.34. The summed E-state index contributed by atoms with van der Waals surface area (Å²) >= 11 is 0. The molecule has 0 saturated carbocycles. The third-order valence-corrected chi connectivity index (χ3v) is 5.58. The number of benzene rings is 1. The molecule has 0 aliphatic carbocycles. The summed E-state index contributed by atoms with van der Waals surface area (Å²) in [6.07, 6.45) is 3.71. The van der Waals surface area contributed by atoms with E-state index in [1.807, 2.05) is 35.7 Å². The quantitative estimate of drug-likeness (QED) is 0.716. The van der Waals surface area contributed by atoms with E-state index in [9.17, 15) is 4.79 Å². The molecule has 4 rings (SSSR count). The molecule has 0 radical (unpaired) electrons. The topological polar surface area (TPSA) is 55.1 Å². The number of hydrogen-bond donors (Lipinski definition) is 1. The highest BCUT2D eigenvalue weighted by atomic mass is 35.5. The van der Waals surface area contributed by atoms with Gasteiger partial charge in [-0.2, -0.15) is 0 Å². The zero-order valence-electron chi connectivity index (χ0n) is 17.3. The van der Waals surface area contributed by atoms with E-state index in [1.165, 1.54) is 5.56 Å². The number of hydrogen-bond acceptors (Lipinski definition) is 3. The van der Waals surface area contributed by atoms with Crippen LogP contribution in [-0.2, 0) is 7.05 Å². The number of nitrogens with zero attached hydrogens (tertiary/aromatic N) is 4. The van der Waals surface area contributed by atoms with Crippen molar-refractivity contribution >= 4 is 18.3 Å². The lowest BCUT2D eigenvalue weighted by molar-refractivity contribution is 0.0620. The zero-order chi connectivity index (χ0) is 19.8. The van der Waals surface area contributed by atoms with Crippen molar-refractivity contribution in [2.75, 3.05) is 19.6 Å². The van der Waals surface area contributed by atoms with Gasteiger partial charge in [0.25, 0.3) is 5.91 Å². The molecule has 1 aromatic carbocycles. The number of halogens is 1. The standard InChI is InChI=1S/C22H27N5O.ClH/c1-15-6-5-7-18(12-15)27-16(2)13-19(17(27)3)22(28)26-11-8-23-14-20(26)21-24-9-10-25(21)4;/h5-7,9-10,12-13,20,23H,8,11,14H2,1-4H3;1H. The van der Waals surface area contributed by atoms with E-state index in [-0.39, 0.29) is 24.4 Å². The summed E-state index contributed by atoms with van der Waals surface area (Å²) in [4.78, 5) is 20.0. The molecule has 2 aromatic heterocycles. The van der Waals surface area contributed by atoms with E-state index in [2.05, 4.69) is 53.0 Å². The van der Waals surface area contributed by atoms with Crippen molar-refractivity contribution < 1.29 is 4.79 Å². The van der Waals surface area contributed by atoms with Gasteiger partial charge in [-0.3, -0.25) is 4.79 Å². The van der Waals surface area contributed by atoms with Crippen LogP contribution < -0.4 is 5.32 Å². The first-order valence-corrected chi connectivity index (χ1v) is 9.72. The third-order valence-electron chi connectivity index (χ3n) is 5.58. The number of aromatic nitrogens is 3. The highest BCUT2D eigenvalue weighted by Gasteiger charge is 2.32. The Balaban J connectivity index is 0.00000240. The second-order valence-corrected chi connectivity index (χ2v) is 7.57. The molecule has 1 unspecified atom stereocenters. The van der Waals surface area contributed by atoms with E-state index < -0.39 is 0 Å². The van der Waals surface area contributed by atoms with Crippen LogP contribution in [0, 0.1) is 20.8 Å². The van der Waals surface area contributed by atoms with Crippen LogP contribution in [0.5, 0.6) is 0 Å². The molecule has 3 aromatic rings. The molecule has 6 nitrogen and oxygen atoms in total. The molecule has 1 aliphatic rings. The van der Waals surface area contributed by atoms with E-state index in [0.29, 0.717) is 13.1 Å². The molecule has 29 heavy (non-hydrogen) atoms. The van der Waals surface area contributed by atoms with E-state index in [1.54, 1.807) is 6.20 Å². The molecular weight excluding hydrogens is 386 g/mol. The van der Waals surface area contributed by atoms with Crippen LogP contribution in [0.1, 0.15) is 39.2 Å². The third kappa shape index (κ3) is 3.82. The molecule has 0 spiro atoms. The van der Waals surface area contributed by atoms with Crippen LogP contribution in [0.2, 0.25) is 0 Å².